The van der Waals surface area contributed by atoms with Gasteiger partial charge in [0.2, 0.25) is 10.0 Å². The number of piperidine rings is 1. The van der Waals surface area contributed by atoms with Crippen LogP contribution in [0.5, 0.6) is 0 Å². The molecule has 3 rings (SSSR count). The summed E-state index contributed by atoms with van der Waals surface area (Å²) in [6.07, 6.45) is 4.58. The molecule has 0 spiro atoms. The topological polar surface area (TPSA) is 53.5 Å². The molecule has 0 bridgehead atoms. The van der Waals surface area contributed by atoms with Crippen LogP contribution in [0.1, 0.15) is 43.4 Å². The van der Waals surface area contributed by atoms with Gasteiger partial charge in [-0.3, -0.25) is 0 Å². The third kappa shape index (κ3) is 3.76. The predicted octanol–water partition coefficient (Wildman–Crippen LogP) is 3.76. The Bertz CT molecular complexity index is 832. The monoisotopic (exact) mass is 373 g/mol. The van der Waals surface area contributed by atoms with E-state index in [2.05, 4.69) is 16.8 Å². The van der Waals surface area contributed by atoms with Crippen LogP contribution >= 0.6 is 0 Å². The van der Waals surface area contributed by atoms with E-state index in [1.54, 1.807) is 16.4 Å². The van der Waals surface area contributed by atoms with Gasteiger partial charge in [-0.1, -0.05) is 30.2 Å². The Morgan fingerprint density at radius 1 is 1.15 bits per heavy atom. The molecule has 1 fully saturated rings. The first kappa shape index (κ1) is 18.9. The molecule has 0 radical (unpaired) electrons. The summed E-state index contributed by atoms with van der Waals surface area (Å²) in [6, 6.07) is 10.9. The molecule has 1 aliphatic heterocycles. The highest BCUT2D eigenvalue weighted by Crippen LogP contribution is 2.35. The van der Waals surface area contributed by atoms with Crippen molar-refractivity contribution in [2.75, 3.05) is 25.0 Å². The third-order valence-electron chi connectivity index (χ3n) is 5.10. The summed E-state index contributed by atoms with van der Waals surface area (Å²) in [6.45, 7) is 5.47. The number of aromatic nitrogens is 1. The Morgan fingerprint density at radius 3 is 2.50 bits per heavy atom. The smallest absolute Gasteiger partial charge is 0.243 e. The molecule has 5 nitrogen and oxygen atoms in total. The second-order valence-corrected chi connectivity index (χ2v) is 8.79. The molecular formula is C20H27N3O2S. The Labute approximate surface area is 156 Å². The zero-order chi connectivity index (χ0) is 18.7. The fourth-order valence-electron chi connectivity index (χ4n) is 3.35. The van der Waals surface area contributed by atoms with Gasteiger partial charge in [0.1, 0.15) is 5.82 Å². The Balaban J connectivity index is 1.91. The standard InChI is InChI=1S/C20H27N3O2S/c1-4-22(3)20-13-10-17(15-21-20)19-7-5-6-14-23(19)26(24,25)18-11-8-16(2)9-12-18/h8-13,15,19H,4-7,14H2,1-3H3/t19-/m1/s1. The van der Waals surface area contributed by atoms with E-state index in [1.165, 1.54) is 0 Å². The van der Waals surface area contributed by atoms with Crippen LogP contribution < -0.4 is 4.90 Å². The number of rotatable bonds is 5. The van der Waals surface area contributed by atoms with Gasteiger partial charge >= 0.3 is 0 Å². The first-order valence-electron chi connectivity index (χ1n) is 9.19. The van der Waals surface area contributed by atoms with Crippen molar-refractivity contribution < 1.29 is 8.42 Å². The fraction of sp³-hybridized carbons (Fsp3) is 0.450. The van der Waals surface area contributed by atoms with E-state index in [0.717, 1.165) is 42.8 Å². The molecule has 0 saturated carbocycles. The van der Waals surface area contributed by atoms with E-state index >= 15 is 0 Å². The maximum atomic E-state index is 13.2. The number of benzene rings is 1. The van der Waals surface area contributed by atoms with Gasteiger partial charge in [0, 0.05) is 26.3 Å². The van der Waals surface area contributed by atoms with E-state index in [1.807, 2.05) is 44.4 Å². The average molecular weight is 374 g/mol. The summed E-state index contributed by atoms with van der Waals surface area (Å²) in [5, 5.41) is 0. The number of sulfonamides is 1. The second-order valence-electron chi connectivity index (χ2n) is 6.90. The van der Waals surface area contributed by atoms with Crippen LogP contribution in [0.2, 0.25) is 0 Å². The van der Waals surface area contributed by atoms with E-state index in [9.17, 15) is 8.42 Å². The van der Waals surface area contributed by atoms with E-state index in [-0.39, 0.29) is 6.04 Å². The molecule has 1 aromatic carbocycles. The van der Waals surface area contributed by atoms with Crippen molar-refractivity contribution in [3.05, 3.63) is 53.7 Å². The van der Waals surface area contributed by atoms with Crippen molar-refractivity contribution in [3.63, 3.8) is 0 Å². The van der Waals surface area contributed by atoms with Gasteiger partial charge in [-0.05, 0) is 50.5 Å². The zero-order valence-corrected chi connectivity index (χ0v) is 16.5. The number of hydrogen-bond acceptors (Lipinski definition) is 4. The normalized spacial score (nSPS) is 18.7. The summed E-state index contributed by atoms with van der Waals surface area (Å²) in [5.74, 6) is 0.903. The lowest BCUT2D eigenvalue weighted by Gasteiger charge is -2.35. The van der Waals surface area contributed by atoms with Gasteiger partial charge in [-0.2, -0.15) is 4.31 Å². The van der Waals surface area contributed by atoms with Crippen molar-refractivity contribution in [2.24, 2.45) is 0 Å². The lowest BCUT2D eigenvalue weighted by molar-refractivity contribution is 0.255. The lowest BCUT2D eigenvalue weighted by Crippen LogP contribution is -2.38. The van der Waals surface area contributed by atoms with E-state index < -0.39 is 10.0 Å². The minimum absolute atomic E-state index is 0.150. The molecule has 1 aliphatic rings. The van der Waals surface area contributed by atoms with Crippen molar-refractivity contribution >= 4 is 15.8 Å². The van der Waals surface area contributed by atoms with Crippen LogP contribution in [-0.4, -0.2) is 37.8 Å². The lowest BCUT2D eigenvalue weighted by atomic mass is 9.99. The minimum atomic E-state index is -3.51. The third-order valence-corrected chi connectivity index (χ3v) is 7.02. The molecular weight excluding hydrogens is 346 g/mol. The van der Waals surface area contributed by atoms with E-state index in [4.69, 9.17) is 0 Å². The molecule has 2 heterocycles. The summed E-state index contributed by atoms with van der Waals surface area (Å²) < 4.78 is 28.1. The molecule has 2 aromatic rings. The zero-order valence-electron chi connectivity index (χ0n) is 15.7. The quantitative estimate of drug-likeness (QED) is 0.801. The number of anilines is 1. The van der Waals surface area contributed by atoms with Crippen molar-refractivity contribution in [3.8, 4) is 0 Å². The van der Waals surface area contributed by atoms with Crippen LogP contribution in [0.3, 0.4) is 0 Å². The highest BCUT2D eigenvalue weighted by molar-refractivity contribution is 7.89. The molecule has 1 saturated heterocycles. The Morgan fingerprint density at radius 2 is 1.88 bits per heavy atom. The van der Waals surface area contributed by atoms with Gasteiger partial charge in [0.25, 0.3) is 0 Å². The van der Waals surface area contributed by atoms with Crippen LogP contribution in [0.4, 0.5) is 5.82 Å². The molecule has 0 N–H and O–H groups in total. The molecule has 140 valence electrons. The van der Waals surface area contributed by atoms with Crippen LogP contribution in [0, 0.1) is 6.92 Å². The minimum Gasteiger partial charge on any atom is -0.360 e. The van der Waals surface area contributed by atoms with Gasteiger partial charge in [0.05, 0.1) is 10.9 Å². The van der Waals surface area contributed by atoms with Crippen molar-refractivity contribution in [1.82, 2.24) is 9.29 Å². The summed E-state index contributed by atoms with van der Waals surface area (Å²) in [5.41, 5.74) is 2.02. The fourth-order valence-corrected chi connectivity index (χ4v) is 5.04. The molecule has 0 aliphatic carbocycles. The average Bonchev–Trinajstić information content (AvgIpc) is 2.68. The summed E-state index contributed by atoms with van der Waals surface area (Å²) >= 11 is 0. The van der Waals surface area contributed by atoms with Crippen LogP contribution in [0.25, 0.3) is 0 Å². The van der Waals surface area contributed by atoms with Crippen LogP contribution in [-0.2, 0) is 10.0 Å². The molecule has 26 heavy (non-hydrogen) atoms. The molecule has 0 unspecified atom stereocenters. The Hall–Kier alpha value is -1.92. The first-order valence-corrected chi connectivity index (χ1v) is 10.6. The highest BCUT2D eigenvalue weighted by Gasteiger charge is 2.34. The van der Waals surface area contributed by atoms with Gasteiger partial charge in [-0.15, -0.1) is 0 Å². The maximum Gasteiger partial charge on any atom is 0.243 e. The molecule has 6 heteroatoms. The second kappa shape index (κ2) is 7.76. The summed E-state index contributed by atoms with van der Waals surface area (Å²) in [4.78, 5) is 6.96. The summed E-state index contributed by atoms with van der Waals surface area (Å²) in [7, 11) is -1.52. The number of hydrogen-bond donors (Lipinski definition) is 0. The number of nitrogens with zero attached hydrogens (tertiary/aromatic N) is 3. The molecule has 1 aromatic heterocycles. The van der Waals surface area contributed by atoms with Crippen LogP contribution in [0.15, 0.2) is 47.5 Å². The van der Waals surface area contributed by atoms with Gasteiger partial charge in [0.15, 0.2) is 0 Å². The maximum absolute atomic E-state index is 13.2. The largest absolute Gasteiger partial charge is 0.360 e. The van der Waals surface area contributed by atoms with Crippen molar-refractivity contribution in [2.45, 2.75) is 44.0 Å². The van der Waals surface area contributed by atoms with Gasteiger partial charge in [-0.25, -0.2) is 13.4 Å². The van der Waals surface area contributed by atoms with E-state index in [0.29, 0.717) is 11.4 Å². The predicted molar refractivity (Wildman–Crippen MR) is 105 cm³/mol. The Kier molecular flexibility index (Phi) is 5.63. The van der Waals surface area contributed by atoms with Crippen molar-refractivity contribution in [1.29, 1.82) is 0 Å². The number of aryl methyl sites for hydroxylation is 1. The molecule has 0 amide bonds. The molecule has 1 atom stereocenters. The van der Waals surface area contributed by atoms with Gasteiger partial charge < -0.3 is 4.90 Å². The SMILES string of the molecule is CCN(C)c1ccc([C@H]2CCCCN2S(=O)(=O)c2ccc(C)cc2)cn1. The highest BCUT2D eigenvalue weighted by atomic mass is 32.2. The number of pyridine rings is 1. The first-order chi connectivity index (χ1) is 12.4.